The molecule has 0 atom stereocenters. The highest BCUT2D eigenvalue weighted by molar-refractivity contribution is 6.32. The molecule has 0 amide bonds. The summed E-state index contributed by atoms with van der Waals surface area (Å²) >= 11 is 6.01. The molecule has 0 saturated heterocycles. The second kappa shape index (κ2) is 4.66. The number of halogens is 2. The van der Waals surface area contributed by atoms with Gasteiger partial charge in [0.2, 0.25) is 0 Å². The van der Waals surface area contributed by atoms with Crippen LogP contribution in [0.4, 0.5) is 4.39 Å². The van der Waals surface area contributed by atoms with Gasteiger partial charge in [0.05, 0.1) is 22.6 Å². The largest absolute Gasteiger partial charge is 0.308 e. The molecule has 0 aliphatic heterocycles. The Morgan fingerprint density at radius 1 is 1.44 bits per heavy atom. The Labute approximate surface area is 109 Å². The van der Waals surface area contributed by atoms with Crippen LogP contribution in [0.1, 0.15) is 18.5 Å². The maximum atomic E-state index is 13.2. The highest BCUT2D eigenvalue weighted by Crippen LogP contribution is 2.21. The normalized spacial score (nSPS) is 15.0. The molecule has 1 saturated carbocycles. The summed E-state index contributed by atoms with van der Waals surface area (Å²) in [5.41, 5.74) is 1.32. The van der Waals surface area contributed by atoms with E-state index in [9.17, 15) is 4.39 Å². The molecule has 94 valence electrons. The smallest absolute Gasteiger partial charge is 0.125 e. The number of nitrogens with zero attached hydrogens (tertiary/aromatic N) is 3. The van der Waals surface area contributed by atoms with Crippen LogP contribution in [-0.4, -0.2) is 21.0 Å². The molecule has 1 aromatic carbocycles. The van der Waals surface area contributed by atoms with E-state index in [1.165, 1.54) is 35.7 Å². The summed E-state index contributed by atoms with van der Waals surface area (Å²) in [7, 11) is 0. The zero-order valence-corrected chi connectivity index (χ0v) is 10.4. The number of benzene rings is 1. The Morgan fingerprint density at radius 2 is 2.28 bits per heavy atom. The van der Waals surface area contributed by atoms with Crippen molar-refractivity contribution in [2.24, 2.45) is 0 Å². The molecule has 0 spiro atoms. The number of rotatable bonds is 4. The summed E-state index contributed by atoms with van der Waals surface area (Å²) in [5.74, 6) is -0.345. The summed E-state index contributed by atoms with van der Waals surface area (Å²) in [6, 6.07) is 4.79. The minimum absolute atomic E-state index is 0.345. The Bertz CT molecular complexity index is 565. The van der Waals surface area contributed by atoms with Crippen LogP contribution >= 0.6 is 11.6 Å². The van der Waals surface area contributed by atoms with Crippen LogP contribution in [0, 0.1) is 5.82 Å². The average molecular weight is 267 g/mol. The second-order valence-corrected chi connectivity index (χ2v) is 4.81. The Balaban J connectivity index is 1.80. The first-order chi connectivity index (χ1) is 8.72. The number of nitrogens with one attached hydrogen (secondary N) is 1. The standard InChI is InChI=1S/C12H12ClFN4/c13-11-4-1-8(14)5-12(11)18-7-10(16-17-18)6-15-9-2-3-9/h1,4-5,7,9,15H,2-3,6H2. The molecule has 18 heavy (non-hydrogen) atoms. The van der Waals surface area contributed by atoms with Crippen LogP contribution in [0.3, 0.4) is 0 Å². The van der Waals surface area contributed by atoms with E-state index in [2.05, 4.69) is 15.6 Å². The molecule has 1 aliphatic rings. The summed E-state index contributed by atoms with van der Waals surface area (Å²) in [4.78, 5) is 0. The molecular formula is C12H12ClFN4. The lowest BCUT2D eigenvalue weighted by Crippen LogP contribution is -2.15. The fourth-order valence-corrected chi connectivity index (χ4v) is 1.90. The summed E-state index contributed by atoms with van der Waals surface area (Å²) < 4.78 is 14.7. The third kappa shape index (κ3) is 2.52. The van der Waals surface area contributed by atoms with Crippen molar-refractivity contribution in [1.29, 1.82) is 0 Å². The second-order valence-electron chi connectivity index (χ2n) is 4.41. The van der Waals surface area contributed by atoms with Gasteiger partial charge in [-0.2, -0.15) is 0 Å². The predicted molar refractivity (Wildman–Crippen MR) is 66.2 cm³/mol. The minimum Gasteiger partial charge on any atom is -0.308 e. The first kappa shape index (κ1) is 11.6. The molecule has 4 nitrogen and oxygen atoms in total. The highest BCUT2D eigenvalue weighted by atomic mass is 35.5. The maximum absolute atomic E-state index is 13.2. The van der Waals surface area contributed by atoms with Gasteiger partial charge in [0.1, 0.15) is 5.82 Å². The molecule has 0 unspecified atom stereocenters. The van der Waals surface area contributed by atoms with E-state index in [0.29, 0.717) is 23.3 Å². The summed E-state index contributed by atoms with van der Waals surface area (Å²) in [5, 5.41) is 11.8. The van der Waals surface area contributed by atoms with Gasteiger partial charge in [0, 0.05) is 18.7 Å². The number of hydrogen-bond donors (Lipinski definition) is 1. The lowest BCUT2D eigenvalue weighted by Gasteiger charge is -2.02. The fourth-order valence-electron chi connectivity index (χ4n) is 1.69. The van der Waals surface area contributed by atoms with Crippen molar-refractivity contribution in [3.63, 3.8) is 0 Å². The van der Waals surface area contributed by atoms with Crippen molar-refractivity contribution in [3.8, 4) is 5.69 Å². The first-order valence-electron chi connectivity index (χ1n) is 5.82. The Hall–Kier alpha value is -1.46. The number of hydrogen-bond acceptors (Lipinski definition) is 3. The van der Waals surface area contributed by atoms with Gasteiger partial charge in [-0.25, -0.2) is 9.07 Å². The zero-order valence-electron chi connectivity index (χ0n) is 9.61. The third-order valence-corrected chi connectivity index (χ3v) is 3.16. The average Bonchev–Trinajstić information content (AvgIpc) is 3.08. The van der Waals surface area contributed by atoms with Gasteiger partial charge in [-0.05, 0) is 25.0 Å². The maximum Gasteiger partial charge on any atom is 0.125 e. The van der Waals surface area contributed by atoms with Gasteiger partial charge < -0.3 is 5.32 Å². The van der Waals surface area contributed by atoms with Crippen molar-refractivity contribution in [3.05, 3.63) is 40.9 Å². The Morgan fingerprint density at radius 3 is 3.06 bits per heavy atom. The van der Waals surface area contributed by atoms with E-state index >= 15 is 0 Å². The van der Waals surface area contributed by atoms with Crippen molar-refractivity contribution in [2.45, 2.75) is 25.4 Å². The zero-order chi connectivity index (χ0) is 12.5. The lowest BCUT2D eigenvalue weighted by molar-refractivity contribution is 0.624. The molecule has 6 heteroatoms. The van der Waals surface area contributed by atoms with Crippen molar-refractivity contribution in [2.75, 3.05) is 0 Å². The van der Waals surface area contributed by atoms with Crippen LogP contribution in [0.2, 0.25) is 5.02 Å². The minimum atomic E-state index is -0.345. The van der Waals surface area contributed by atoms with Crippen LogP contribution in [0.15, 0.2) is 24.4 Å². The molecule has 1 aliphatic carbocycles. The van der Waals surface area contributed by atoms with E-state index in [0.717, 1.165) is 5.69 Å². The highest BCUT2D eigenvalue weighted by Gasteiger charge is 2.20. The van der Waals surface area contributed by atoms with Gasteiger partial charge in [0.15, 0.2) is 0 Å². The molecule has 2 aromatic rings. The van der Waals surface area contributed by atoms with E-state index < -0.39 is 0 Å². The summed E-state index contributed by atoms with van der Waals surface area (Å²) in [6.45, 7) is 0.678. The van der Waals surface area contributed by atoms with Crippen LogP contribution in [-0.2, 0) is 6.54 Å². The monoisotopic (exact) mass is 266 g/mol. The Kier molecular flexibility index (Phi) is 3.01. The van der Waals surface area contributed by atoms with Gasteiger partial charge >= 0.3 is 0 Å². The van der Waals surface area contributed by atoms with Crippen molar-refractivity contribution in [1.82, 2.24) is 20.3 Å². The topological polar surface area (TPSA) is 42.7 Å². The van der Waals surface area contributed by atoms with E-state index in [1.54, 1.807) is 6.20 Å². The molecule has 1 N–H and O–H groups in total. The van der Waals surface area contributed by atoms with Gasteiger partial charge in [0.25, 0.3) is 0 Å². The lowest BCUT2D eigenvalue weighted by atomic mass is 10.3. The molecular weight excluding hydrogens is 255 g/mol. The van der Waals surface area contributed by atoms with E-state index in [-0.39, 0.29) is 5.82 Å². The summed E-state index contributed by atoms with van der Waals surface area (Å²) in [6.07, 6.45) is 4.21. The third-order valence-electron chi connectivity index (χ3n) is 2.85. The quantitative estimate of drug-likeness (QED) is 0.923. The molecule has 1 heterocycles. The predicted octanol–water partition coefficient (Wildman–Crippen LogP) is 2.31. The van der Waals surface area contributed by atoms with E-state index in [1.807, 2.05) is 0 Å². The van der Waals surface area contributed by atoms with E-state index in [4.69, 9.17) is 11.6 Å². The van der Waals surface area contributed by atoms with Crippen molar-refractivity contribution >= 4 is 11.6 Å². The van der Waals surface area contributed by atoms with Crippen LogP contribution in [0.5, 0.6) is 0 Å². The van der Waals surface area contributed by atoms with Crippen LogP contribution in [0.25, 0.3) is 5.69 Å². The molecule has 1 aromatic heterocycles. The van der Waals surface area contributed by atoms with Gasteiger partial charge in [-0.15, -0.1) is 5.10 Å². The SMILES string of the molecule is Fc1ccc(Cl)c(-n2cc(CNC3CC3)nn2)c1. The number of aromatic nitrogens is 3. The van der Waals surface area contributed by atoms with Crippen LogP contribution < -0.4 is 5.32 Å². The molecule has 0 bridgehead atoms. The molecule has 1 fully saturated rings. The van der Waals surface area contributed by atoms with Gasteiger partial charge in [-0.3, -0.25) is 0 Å². The van der Waals surface area contributed by atoms with Crippen molar-refractivity contribution < 1.29 is 4.39 Å². The molecule has 0 radical (unpaired) electrons. The fraction of sp³-hybridized carbons (Fsp3) is 0.333. The first-order valence-corrected chi connectivity index (χ1v) is 6.20. The van der Waals surface area contributed by atoms with Gasteiger partial charge in [-0.1, -0.05) is 16.8 Å². The molecule has 3 rings (SSSR count).